The van der Waals surface area contributed by atoms with Crippen molar-refractivity contribution in [2.45, 2.75) is 37.1 Å². The molecule has 1 amide bonds. The van der Waals surface area contributed by atoms with Crippen molar-refractivity contribution < 1.29 is 28.2 Å². The van der Waals surface area contributed by atoms with Crippen LogP contribution in [0.25, 0.3) is 0 Å². The van der Waals surface area contributed by atoms with Crippen LogP contribution in [0, 0.1) is 0 Å². The van der Waals surface area contributed by atoms with E-state index in [2.05, 4.69) is 0 Å². The van der Waals surface area contributed by atoms with Crippen molar-refractivity contribution in [3.63, 3.8) is 0 Å². The molecular formula is C17H22F3NO3S. The molecule has 0 aliphatic carbocycles. The molecule has 1 aliphatic heterocycles. The third-order valence-corrected chi connectivity index (χ3v) is 5.15. The minimum absolute atomic E-state index is 0.134. The molecule has 0 bridgehead atoms. The van der Waals surface area contributed by atoms with Crippen LogP contribution in [0.3, 0.4) is 0 Å². The second-order valence-electron chi connectivity index (χ2n) is 6.23. The van der Waals surface area contributed by atoms with E-state index in [1.807, 2.05) is 6.26 Å². The first-order valence-electron chi connectivity index (χ1n) is 8.03. The summed E-state index contributed by atoms with van der Waals surface area (Å²) in [4.78, 5) is 13.6. The standard InChI is InChI=1S/C17H22F3NO3S/c1-25-10-5-14(22)15(23)21-8-6-16(24,7-9-21)12-3-2-4-13(11-12)17(18,19)20/h2-4,11,14,22,24H,5-10H2,1H3/t14-/m0/s1. The number of amides is 1. The van der Waals surface area contributed by atoms with E-state index in [0.717, 1.165) is 12.1 Å². The molecule has 0 aromatic heterocycles. The number of carbonyl (C=O) groups excluding carboxylic acids is 1. The van der Waals surface area contributed by atoms with Gasteiger partial charge in [0.1, 0.15) is 6.10 Å². The number of halogens is 3. The molecule has 0 saturated carbocycles. The average Bonchev–Trinajstić information content (AvgIpc) is 2.59. The molecule has 1 aliphatic rings. The Bertz CT molecular complexity index is 601. The summed E-state index contributed by atoms with van der Waals surface area (Å²) >= 11 is 1.53. The first-order chi connectivity index (χ1) is 11.7. The maximum atomic E-state index is 12.9. The number of carbonyl (C=O) groups is 1. The highest BCUT2D eigenvalue weighted by molar-refractivity contribution is 7.98. The van der Waals surface area contributed by atoms with Crippen LogP contribution < -0.4 is 0 Å². The molecular weight excluding hydrogens is 355 g/mol. The number of aliphatic hydroxyl groups is 2. The van der Waals surface area contributed by atoms with Crippen molar-refractivity contribution >= 4 is 17.7 Å². The zero-order valence-corrected chi connectivity index (χ0v) is 14.7. The van der Waals surface area contributed by atoms with Crippen molar-refractivity contribution in [1.29, 1.82) is 0 Å². The molecule has 1 atom stereocenters. The van der Waals surface area contributed by atoms with Gasteiger partial charge in [0.2, 0.25) is 0 Å². The third-order valence-electron chi connectivity index (χ3n) is 4.51. The van der Waals surface area contributed by atoms with Crippen molar-refractivity contribution in [3.05, 3.63) is 35.4 Å². The molecule has 1 aromatic carbocycles. The van der Waals surface area contributed by atoms with Gasteiger partial charge in [0.25, 0.3) is 5.91 Å². The summed E-state index contributed by atoms with van der Waals surface area (Å²) in [6, 6.07) is 4.68. The maximum Gasteiger partial charge on any atom is 0.416 e. The minimum Gasteiger partial charge on any atom is -0.385 e. The van der Waals surface area contributed by atoms with Crippen LogP contribution in [0.1, 0.15) is 30.4 Å². The Morgan fingerprint density at radius 2 is 2.00 bits per heavy atom. The Balaban J connectivity index is 2.04. The van der Waals surface area contributed by atoms with E-state index in [1.165, 1.54) is 28.8 Å². The summed E-state index contributed by atoms with van der Waals surface area (Å²) in [5.74, 6) is 0.273. The van der Waals surface area contributed by atoms with Crippen LogP contribution in [0.5, 0.6) is 0 Å². The van der Waals surface area contributed by atoms with E-state index < -0.39 is 23.4 Å². The van der Waals surface area contributed by atoms with Gasteiger partial charge in [-0.25, -0.2) is 0 Å². The SMILES string of the molecule is CSCC[C@H](O)C(=O)N1CCC(O)(c2cccc(C(F)(F)F)c2)CC1. The predicted molar refractivity (Wildman–Crippen MR) is 90.2 cm³/mol. The fourth-order valence-electron chi connectivity index (χ4n) is 2.93. The van der Waals surface area contributed by atoms with Crippen LogP contribution in [0.2, 0.25) is 0 Å². The topological polar surface area (TPSA) is 60.8 Å². The maximum absolute atomic E-state index is 12.9. The van der Waals surface area contributed by atoms with Gasteiger partial charge >= 0.3 is 6.18 Å². The highest BCUT2D eigenvalue weighted by Crippen LogP contribution is 2.36. The number of likely N-dealkylation sites (tertiary alicyclic amines) is 1. The molecule has 140 valence electrons. The zero-order valence-electron chi connectivity index (χ0n) is 13.9. The van der Waals surface area contributed by atoms with Crippen LogP contribution in [0.15, 0.2) is 24.3 Å². The van der Waals surface area contributed by atoms with Crippen molar-refractivity contribution in [1.82, 2.24) is 4.90 Å². The van der Waals surface area contributed by atoms with Gasteiger partial charge in [-0.1, -0.05) is 12.1 Å². The lowest BCUT2D eigenvalue weighted by Crippen LogP contribution is -2.48. The summed E-state index contributed by atoms with van der Waals surface area (Å²) in [6.07, 6.45) is -3.04. The number of hydrogen-bond acceptors (Lipinski definition) is 4. The summed E-state index contributed by atoms with van der Waals surface area (Å²) in [5.41, 5.74) is -2.00. The second kappa shape index (κ2) is 7.97. The van der Waals surface area contributed by atoms with Crippen molar-refractivity contribution in [2.24, 2.45) is 0 Å². The van der Waals surface area contributed by atoms with Crippen molar-refractivity contribution in [3.8, 4) is 0 Å². The van der Waals surface area contributed by atoms with Crippen molar-refractivity contribution in [2.75, 3.05) is 25.1 Å². The number of piperidine rings is 1. The first kappa shape index (κ1) is 20.1. The van der Waals surface area contributed by atoms with E-state index in [4.69, 9.17) is 0 Å². The number of alkyl halides is 3. The predicted octanol–water partition coefficient (Wildman–Crippen LogP) is 2.63. The molecule has 2 rings (SSSR count). The highest BCUT2D eigenvalue weighted by atomic mass is 32.2. The molecule has 0 spiro atoms. The fourth-order valence-corrected chi connectivity index (χ4v) is 3.39. The Hall–Kier alpha value is -1.25. The van der Waals surface area contributed by atoms with Gasteiger partial charge in [-0.2, -0.15) is 24.9 Å². The highest BCUT2D eigenvalue weighted by Gasteiger charge is 2.38. The number of aliphatic hydroxyl groups excluding tert-OH is 1. The number of rotatable bonds is 5. The average molecular weight is 377 g/mol. The number of thioether (sulfide) groups is 1. The molecule has 4 nitrogen and oxygen atoms in total. The van der Waals surface area contributed by atoms with Gasteiger partial charge in [-0.15, -0.1) is 0 Å². The zero-order chi connectivity index (χ0) is 18.7. The Kier molecular flexibility index (Phi) is 6.40. The summed E-state index contributed by atoms with van der Waals surface area (Å²) in [6.45, 7) is 0.393. The lowest BCUT2D eigenvalue weighted by Gasteiger charge is -2.39. The molecule has 8 heteroatoms. The van der Waals surface area contributed by atoms with E-state index in [-0.39, 0.29) is 37.4 Å². The summed E-state index contributed by atoms with van der Waals surface area (Å²) in [7, 11) is 0. The van der Waals surface area contributed by atoms with E-state index in [0.29, 0.717) is 12.2 Å². The van der Waals surface area contributed by atoms with Crippen LogP contribution in [-0.4, -0.2) is 52.2 Å². The molecule has 1 saturated heterocycles. The van der Waals surface area contributed by atoms with Crippen LogP contribution in [0.4, 0.5) is 13.2 Å². The Morgan fingerprint density at radius 3 is 2.56 bits per heavy atom. The Labute approximate surface area is 149 Å². The molecule has 25 heavy (non-hydrogen) atoms. The summed E-state index contributed by atoms with van der Waals surface area (Å²) < 4.78 is 38.6. The smallest absolute Gasteiger partial charge is 0.385 e. The van der Waals surface area contributed by atoms with Gasteiger partial charge in [-0.3, -0.25) is 4.79 Å². The quantitative estimate of drug-likeness (QED) is 0.828. The fraction of sp³-hybridized carbons (Fsp3) is 0.588. The molecule has 1 aromatic rings. The van der Waals surface area contributed by atoms with Gasteiger partial charge in [-0.05, 0) is 49.0 Å². The summed E-state index contributed by atoms with van der Waals surface area (Å²) in [5, 5.41) is 20.6. The molecule has 1 fully saturated rings. The third kappa shape index (κ3) is 4.89. The lowest BCUT2D eigenvalue weighted by atomic mass is 9.83. The second-order valence-corrected chi connectivity index (χ2v) is 7.22. The van der Waals surface area contributed by atoms with E-state index >= 15 is 0 Å². The number of hydrogen-bond donors (Lipinski definition) is 2. The largest absolute Gasteiger partial charge is 0.416 e. The van der Waals surface area contributed by atoms with Gasteiger partial charge in [0.15, 0.2) is 0 Å². The molecule has 0 unspecified atom stereocenters. The monoisotopic (exact) mass is 377 g/mol. The Morgan fingerprint density at radius 1 is 1.36 bits per heavy atom. The van der Waals surface area contributed by atoms with E-state index in [1.54, 1.807) is 0 Å². The minimum atomic E-state index is -4.47. The van der Waals surface area contributed by atoms with Gasteiger partial charge in [0.05, 0.1) is 11.2 Å². The van der Waals surface area contributed by atoms with Crippen LogP contribution >= 0.6 is 11.8 Å². The van der Waals surface area contributed by atoms with E-state index in [9.17, 15) is 28.2 Å². The van der Waals surface area contributed by atoms with Gasteiger partial charge in [0, 0.05) is 13.1 Å². The molecule has 0 radical (unpaired) electrons. The number of benzene rings is 1. The normalized spacial score (nSPS) is 18.9. The first-order valence-corrected chi connectivity index (χ1v) is 9.43. The van der Waals surface area contributed by atoms with Gasteiger partial charge < -0.3 is 15.1 Å². The van der Waals surface area contributed by atoms with Crippen LogP contribution in [-0.2, 0) is 16.6 Å². The molecule has 2 N–H and O–H groups in total. The lowest BCUT2D eigenvalue weighted by molar-refractivity contribution is -0.144. The number of nitrogens with zero attached hydrogens (tertiary/aromatic N) is 1. The molecule has 1 heterocycles.